The SMILES string of the molecule is CCN(CC)CCCC(C)NC(=O)c1ccoc1Br. The number of rotatable bonds is 8. The van der Waals surface area contributed by atoms with Gasteiger partial charge in [0.25, 0.3) is 5.91 Å². The van der Waals surface area contributed by atoms with E-state index in [1.807, 2.05) is 6.92 Å². The summed E-state index contributed by atoms with van der Waals surface area (Å²) in [4.78, 5) is 14.3. The number of carbonyl (C=O) groups excluding carboxylic acids is 1. The summed E-state index contributed by atoms with van der Waals surface area (Å²) in [6.45, 7) is 9.63. The predicted octanol–water partition coefficient (Wildman–Crippen LogP) is 3.28. The molecule has 1 aromatic heterocycles. The molecule has 0 bridgehead atoms. The second-order valence-electron chi connectivity index (χ2n) is 4.65. The van der Waals surface area contributed by atoms with Crippen LogP contribution < -0.4 is 5.32 Å². The lowest BCUT2D eigenvalue weighted by atomic mass is 10.1. The maximum Gasteiger partial charge on any atom is 0.255 e. The van der Waals surface area contributed by atoms with E-state index >= 15 is 0 Å². The number of hydrogen-bond acceptors (Lipinski definition) is 3. The molecule has 1 N–H and O–H groups in total. The molecule has 0 saturated heterocycles. The minimum absolute atomic E-state index is 0.0871. The molecular formula is C14H23BrN2O2. The highest BCUT2D eigenvalue weighted by molar-refractivity contribution is 9.10. The summed E-state index contributed by atoms with van der Waals surface area (Å²) < 4.78 is 5.54. The van der Waals surface area contributed by atoms with Gasteiger partial charge in [-0.25, -0.2) is 0 Å². The number of halogens is 1. The van der Waals surface area contributed by atoms with Gasteiger partial charge in [-0.1, -0.05) is 13.8 Å². The second-order valence-corrected chi connectivity index (χ2v) is 5.37. The molecule has 19 heavy (non-hydrogen) atoms. The number of hydrogen-bond donors (Lipinski definition) is 1. The van der Waals surface area contributed by atoms with Crippen LogP contribution in [0.1, 0.15) is 44.0 Å². The van der Waals surface area contributed by atoms with Crippen LogP contribution in [0.15, 0.2) is 21.4 Å². The molecule has 0 aliphatic heterocycles. The number of nitrogens with one attached hydrogen (secondary N) is 1. The molecule has 108 valence electrons. The van der Waals surface area contributed by atoms with E-state index in [1.165, 1.54) is 6.26 Å². The van der Waals surface area contributed by atoms with E-state index in [4.69, 9.17) is 4.42 Å². The fourth-order valence-electron chi connectivity index (χ4n) is 1.99. The number of carbonyl (C=O) groups is 1. The fourth-order valence-corrected chi connectivity index (χ4v) is 2.41. The Balaban J connectivity index is 2.30. The highest BCUT2D eigenvalue weighted by Gasteiger charge is 2.14. The van der Waals surface area contributed by atoms with Crippen molar-refractivity contribution in [2.24, 2.45) is 0 Å². The molecule has 1 aromatic rings. The number of furan rings is 1. The zero-order valence-electron chi connectivity index (χ0n) is 11.9. The van der Waals surface area contributed by atoms with Gasteiger partial charge in [0.05, 0.1) is 11.8 Å². The highest BCUT2D eigenvalue weighted by atomic mass is 79.9. The maximum absolute atomic E-state index is 11.9. The summed E-state index contributed by atoms with van der Waals surface area (Å²) in [6, 6.07) is 1.84. The van der Waals surface area contributed by atoms with Gasteiger partial charge in [-0.15, -0.1) is 0 Å². The Bertz CT molecular complexity index is 389. The number of nitrogens with zero attached hydrogens (tertiary/aromatic N) is 1. The van der Waals surface area contributed by atoms with Gasteiger partial charge in [0.2, 0.25) is 0 Å². The summed E-state index contributed by atoms with van der Waals surface area (Å²) in [7, 11) is 0. The van der Waals surface area contributed by atoms with Crippen LogP contribution in [-0.4, -0.2) is 36.5 Å². The minimum Gasteiger partial charge on any atom is -0.457 e. The molecule has 1 heterocycles. The lowest BCUT2D eigenvalue weighted by Crippen LogP contribution is -2.33. The van der Waals surface area contributed by atoms with Crippen molar-refractivity contribution in [3.05, 3.63) is 22.6 Å². The summed E-state index contributed by atoms with van der Waals surface area (Å²) in [5.74, 6) is -0.0871. The van der Waals surface area contributed by atoms with Crippen molar-refractivity contribution in [2.45, 2.75) is 39.7 Å². The Morgan fingerprint density at radius 1 is 1.47 bits per heavy atom. The molecule has 0 aromatic carbocycles. The van der Waals surface area contributed by atoms with Crippen LogP contribution in [-0.2, 0) is 0 Å². The molecular weight excluding hydrogens is 308 g/mol. The van der Waals surface area contributed by atoms with Gasteiger partial charge in [-0.3, -0.25) is 4.79 Å². The first kappa shape index (κ1) is 16.2. The Labute approximate surface area is 123 Å². The first-order chi connectivity index (χ1) is 9.08. The lowest BCUT2D eigenvalue weighted by molar-refractivity contribution is 0.0935. The van der Waals surface area contributed by atoms with Gasteiger partial charge < -0.3 is 14.6 Å². The topological polar surface area (TPSA) is 45.5 Å². The summed E-state index contributed by atoms with van der Waals surface area (Å²) in [5, 5.41) is 2.99. The first-order valence-corrected chi connectivity index (χ1v) is 7.64. The lowest BCUT2D eigenvalue weighted by Gasteiger charge is -2.19. The van der Waals surface area contributed by atoms with Crippen LogP contribution in [0.4, 0.5) is 0 Å². The molecule has 1 unspecified atom stereocenters. The average Bonchev–Trinajstić information content (AvgIpc) is 2.81. The number of amides is 1. The zero-order chi connectivity index (χ0) is 14.3. The van der Waals surface area contributed by atoms with Gasteiger partial charge in [-0.05, 0) is 61.4 Å². The van der Waals surface area contributed by atoms with Crippen molar-refractivity contribution >= 4 is 21.8 Å². The highest BCUT2D eigenvalue weighted by Crippen LogP contribution is 2.17. The van der Waals surface area contributed by atoms with Crippen molar-refractivity contribution < 1.29 is 9.21 Å². The summed E-state index contributed by atoms with van der Waals surface area (Å²) in [5.41, 5.74) is 0.551. The summed E-state index contributed by atoms with van der Waals surface area (Å²) in [6.07, 6.45) is 3.58. The molecule has 0 radical (unpaired) electrons. The molecule has 0 aliphatic rings. The fraction of sp³-hybridized carbons (Fsp3) is 0.643. The average molecular weight is 331 g/mol. The first-order valence-electron chi connectivity index (χ1n) is 6.84. The van der Waals surface area contributed by atoms with Gasteiger partial charge in [0.1, 0.15) is 0 Å². The minimum atomic E-state index is -0.0871. The Kier molecular flexibility index (Phi) is 7.16. The van der Waals surface area contributed by atoms with Gasteiger partial charge >= 0.3 is 0 Å². The zero-order valence-corrected chi connectivity index (χ0v) is 13.5. The molecule has 1 amide bonds. The maximum atomic E-state index is 11.9. The van der Waals surface area contributed by atoms with Gasteiger partial charge in [-0.2, -0.15) is 0 Å². The van der Waals surface area contributed by atoms with Crippen LogP contribution in [0, 0.1) is 0 Å². The quantitative estimate of drug-likeness (QED) is 0.795. The van der Waals surface area contributed by atoms with Crippen molar-refractivity contribution in [3.8, 4) is 0 Å². The second kappa shape index (κ2) is 8.38. The van der Waals surface area contributed by atoms with Gasteiger partial charge in [0, 0.05) is 6.04 Å². The third kappa shape index (κ3) is 5.37. The third-order valence-electron chi connectivity index (χ3n) is 3.25. The van der Waals surface area contributed by atoms with Crippen molar-refractivity contribution in [1.29, 1.82) is 0 Å². The van der Waals surface area contributed by atoms with E-state index in [-0.39, 0.29) is 11.9 Å². The van der Waals surface area contributed by atoms with E-state index < -0.39 is 0 Å². The molecule has 4 nitrogen and oxygen atoms in total. The molecule has 0 saturated carbocycles. The van der Waals surface area contributed by atoms with E-state index in [1.54, 1.807) is 6.07 Å². The van der Waals surface area contributed by atoms with Crippen molar-refractivity contribution in [2.75, 3.05) is 19.6 Å². The molecule has 1 atom stereocenters. The van der Waals surface area contributed by atoms with E-state index in [9.17, 15) is 4.79 Å². The predicted molar refractivity (Wildman–Crippen MR) is 80.4 cm³/mol. The normalized spacial score (nSPS) is 12.7. The van der Waals surface area contributed by atoms with Crippen molar-refractivity contribution in [1.82, 2.24) is 10.2 Å². The third-order valence-corrected chi connectivity index (χ3v) is 3.86. The smallest absolute Gasteiger partial charge is 0.255 e. The van der Waals surface area contributed by atoms with E-state index in [0.29, 0.717) is 10.2 Å². The standard InChI is InChI=1S/C14H23BrN2O2/c1-4-17(5-2)9-6-7-11(3)16-14(18)12-8-10-19-13(12)15/h8,10-11H,4-7,9H2,1-3H3,(H,16,18). The summed E-state index contributed by atoms with van der Waals surface area (Å²) >= 11 is 3.21. The Hall–Kier alpha value is -0.810. The molecule has 0 spiro atoms. The molecule has 5 heteroatoms. The van der Waals surface area contributed by atoms with Gasteiger partial charge in [0.15, 0.2) is 4.67 Å². The molecule has 0 aliphatic carbocycles. The largest absolute Gasteiger partial charge is 0.457 e. The van der Waals surface area contributed by atoms with Crippen molar-refractivity contribution in [3.63, 3.8) is 0 Å². The Morgan fingerprint density at radius 2 is 2.16 bits per heavy atom. The molecule has 0 fully saturated rings. The molecule has 1 rings (SSSR count). The van der Waals surface area contributed by atoms with Crippen LogP contribution >= 0.6 is 15.9 Å². The van der Waals surface area contributed by atoms with Crippen LogP contribution in [0.25, 0.3) is 0 Å². The van der Waals surface area contributed by atoms with Crippen LogP contribution in [0.5, 0.6) is 0 Å². The Morgan fingerprint density at radius 3 is 2.68 bits per heavy atom. The van der Waals surface area contributed by atoms with Crippen LogP contribution in [0.3, 0.4) is 0 Å². The van der Waals surface area contributed by atoms with E-state index in [2.05, 4.69) is 40.0 Å². The monoisotopic (exact) mass is 330 g/mol. The van der Waals surface area contributed by atoms with E-state index in [0.717, 1.165) is 32.5 Å². The van der Waals surface area contributed by atoms with Crippen LogP contribution in [0.2, 0.25) is 0 Å².